The van der Waals surface area contributed by atoms with Gasteiger partial charge in [0.2, 0.25) is 15.9 Å². The van der Waals surface area contributed by atoms with Gasteiger partial charge in [-0.05, 0) is 29.8 Å². The molecule has 1 heterocycles. The Kier molecular flexibility index (Phi) is 6.36. The summed E-state index contributed by atoms with van der Waals surface area (Å²) >= 11 is 0. The summed E-state index contributed by atoms with van der Waals surface area (Å²) in [4.78, 5) is 27.3. The number of nitrogens with one attached hydrogen (secondary N) is 2. The van der Waals surface area contributed by atoms with Gasteiger partial charge in [-0.1, -0.05) is 12.1 Å². The maximum atomic E-state index is 12.8. The van der Waals surface area contributed by atoms with E-state index in [1.54, 1.807) is 0 Å². The highest BCUT2D eigenvalue weighted by atomic mass is 32.2. The molecule has 138 valence electrons. The summed E-state index contributed by atoms with van der Waals surface area (Å²) in [5.74, 6) is -1.66. The first-order valence-electron chi connectivity index (χ1n) is 7.47. The highest BCUT2D eigenvalue weighted by Crippen LogP contribution is 2.11. The van der Waals surface area contributed by atoms with Gasteiger partial charge in [-0.3, -0.25) is 25.4 Å². The summed E-state index contributed by atoms with van der Waals surface area (Å²) in [6.45, 7) is -0.492. The molecule has 0 saturated carbocycles. The number of likely N-dealkylation sites (N-methyl/N-ethyl adjacent to an activating group) is 1. The molecule has 8 nitrogen and oxygen atoms in total. The van der Waals surface area contributed by atoms with E-state index < -0.39 is 34.2 Å². The molecule has 0 bridgehead atoms. The van der Waals surface area contributed by atoms with Crippen molar-refractivity contribution in [1.82, 2.24) is 20.1 Å². The zero-order chi connectivity index (χ0) is 19.2. The van der Waals surface area contributed by atoms with Crippen molar-refractivity contribution in [3.63, 3.8) is 0 Å². The molecule has 0 unspecified atom stereocenters. The lowest BCUT2D eigenvalue weighted by atomic mass is 10.1. The predicted molar refractivity (Wildman–Crippen MR) is 90.4 cm³/mol. The molecule has 10 heteroatoms. The van der Waals surface area contributed by atoms with Gasteiger partial charge < -0.3 is 0 Å². The highest BCUT2D eigenvalue weighted by molar-refractivity contribution is 7.89. The van der Waals surface area contributed by atoms with Crippen LogP contribution < -0.4 is 10.9 Å². The monoisotopic (exact) mass is 380 g/mol. The molecule has 1 aromatic heterocycles. The summed E-state index contributed by atoms with van der Waals surface area (Å²) in [5, 5.41) is 0. The lowest BCUT2D eigenvalue weighted by molar-refractivity contribution is -0.128. The number of nitrogens with zero attached hydrogens (tertiary/aromatic N) is 2. The van der Waals surface area contributed by atoms with Crippen molar-refractivity contribution >= 4 is 21.8 Å². The van der Waals surface area contributed by atoms with Crippen molar-refractivity contribution in [3.8, 4) is 0 Å². The average Bonchev–Trinajstić information content (AvgIpc) is 2.62. The van der Waals surface area contributed by atoms with Crippen molar-refractivity contribution in [2.75, 3.05) is 13.6 Å². The third kappa shape index (κ3) is 5.33. The number of hydrogen-bond acceptors (Lipinski definition) is 5. The zero-order valence-electron chi connectivity index (χ0n) is 13.8. The molecular formula is C16H17FN4O4S. The van der Waals surface area contributed by atoms with E-state index in [1.165, 1.54) is 55.8 Å². The van der Waals surface area contributed by atoms with Crippen molar-refractivity contribution < 1.29 is 22.4 Å². The van der Waals surface area contributed by atoms with Gasteiger partial charge in [-0.25, -0.2) is 12.8 Å². The molecule has 0 aliphatic rings. The van der Waals surface area contributed by atoms with E-state index in [2.05, 4.69) is 15.8 Å². The summed E-state index contributed by atoms with van der Waals surface area (Å²) in [6, 6.07) is 8.17. The zero-order valence-corrected chi connectivity index (χ0v) is 14.7. The SMILES string of the molecule is CN(CC(=O)NNC(=O)Cc1ccc(F)cc1)S(=O)(=O)c1cccnc1. The normalized spacial score (nSPS) is 11.2. The summed E-state index contributed by atoms with van der Waals surface area (Å²) < 4.78 is 38.2. The molecule has 0 radical (unpaired) electrons. The fourth-order valence-electron chi connectivity index (χ4n) is 1.98. The second-order valence-electron chi connectivity index (χ2n) is 5.35. The van der Waals surface area contributed by atoms with Crippen LogP contribution in [0.1, 0.15) is 5.56 Å². The van der Waals surface area contributed by atoms with Crippen molar-refractivity contribution in [2.24, 2.45) is 0 Å². The van der Waals surface area contributed by atoms with Gasteiger partial charge >= 0.3 is 0 Å². The molecule has 0 aliphatic carbocycles. The van der Waals surface area contributed by atoms with Gasteiger partial charge in [0.1, 0.15) is 10.7 Å². The lowest BCUT2D eigenvalue weighted by Crippen LogP contribution is -2.47. The van der Waals surface area contributed by atoms with Crippen molar-refractivity contribution in [2.45, 2.75) is 11.3 Å². The number of carbonyl (C=O) groups is 2. The van der Waals surface area contributed by atoms with Crippen LogP contribution in [-0.2, 0) is 26.0 Å². The molecule has 2 amide bonds. The standard InChI is InChI=1S/C16H17FN4O4S/c1-21(26(24,25)14-3-2-8-18-10-14)11-16(23)20-19-15(22)9-12-4-6-13(17)7-5-12/h2-8,10H,9,11H2,1H3,(H,19,22)(H,20,23). The molecule has 2 aromatic rings. The van der Waals surface area contributed by atoms with E-state index in [-0.39, 0.29) is 11.3 Å². The number of amides is 2. The maximum Gasteiger partial charge on any atom is 0.253 e. The Labute approximate surface area is 150 Å². The van der Waals surface area contributed by atoms with Gasteiger partial charge in [-0.2, -0.15) is 4.31 Å². The quantitative estimate of drug-likeness (QED) is 0.698. The number of benzene rings is 1. The first kappa shape index (κ1) is 19.5. The maximum absolute atomic E-state index is 12.8. The molecule has 0 aliphatic heterocycles. The molecule has 0 atom stereocenters. The Morgan fingerprint density at radius 3 is 2.38 bits per heavy atom. The van der Waals surface area contributed by atoms with Crippen LogP contribution in [0.5, 0.6) is 0 Å². The Balaban J connectivity index is 1.84. The number of hydrogen-bond donors (Lipinski definition) is 2. The van der Waals surface area contributed by atoms with Crippen LogP contribution >= 0.6 is 0 Å². The van der Waals surface area contributed by atoms with E-state index in [0.29, 0.717) is 5.56 Å². The molecule has 0 spiro atoms. The highest BCUT2D eigenvalue weighted by Gasteiger charge is 2.23. The Morgan fingerprint density at radius 1 is 1.12 bits per heavy atom. The Morgan fingerprint density at radius 2 is 1.77 bits per heavy atom. The summed E-state index contributed by atoms with van der Waals surface area (Å²) in [7, 11) is -2.63. The lowest BCUT2D eigenvalue weighted by Gasteiger charge is -2.16. The largest absolute Gasteiger partial charge is 0.273 e. The van der Waals surface area contributed by atoms with Crippen LogP contribution in [0.4, 0.5) is 4.39 Å². The van der Waals surface area contributed by atoms with Crippen LogP contribution in [0.3, 0.4) is 0 Å². The number of pyridine rings is 1. The number of sulfonamides is 1. The Hall–Kier alpha value is -2.85. The minimum absolute atomic E-state index is 0.0457. The number of carbonyl (C=O) groups excluding carboxylic acids is 2. The van der Waals surface area contributed by atoms with E-state index in [4.69, 9.17) is 0 Å². The Bertz CT molecular complexity index is 873. The molecule has 0 saturated heterocycles. The first-order valence-corrected chi connectivity index (χ1v) is 8.91. The molecule has 0 fully saturated rings. The first-order chi connectivity index (χ1) is 12.3. The second-order valence-corrected chi connectivity index (χ2v) is 7.39. The number of hydrazine groups is 1. The van der Waals surface area contributed by atoms with Gasteiger partial charge in [0.25, 0.3) is 5.91 Å². The average molecular weight is 380 g/mol. The van der Waals surface area contributed by atoms with Gasteiger partial charge in [-0.15, -0.1) is 0 Å². The van der Waals surface area contributed by atoms with Crippen LogP contribution in [0.25, 0.3) is 0 Å². The smallest absolute Gasteiger partial charge is 0.253 e. The predicted octanol–water partition coefficient (Wildman–Crippen LogP) is 0.231. The van der Waals surface area contributed by atoms with Gasteiger partial charge in [0.15, 0.2) is 0 Å². The summed E-state index contributed by atoms with van der Waals surface area (Å²) in [5.41, 5.74) is 4.87. The van der Waals surface area contributed by atoms with Gasteiger partial charge in [0, 0.05) is 19.4 Å². The minimum Gasteiger partial charge on any atom is -0.273 e. The number of rotatable bonds is 6. The van der Waals surface area contributed by atoms with Crippen LogP contribution in [-0.4, -0.2) is 43.1 Å². The third-order valence-corrected chi connectivity index (χ3v) is 5.12. The molecule has 1 aromatic carbocycles. The van der Waals surface area contributed by atoms with E-state index >= 15 is 0 Å². The van der Waals surface area contributed by atoms with Crippen molar-refractivity contribution in [1.29, 1.82) is 0 Å². The minimum atomic E-state index is -3.86. The fourth-order valence-corrected chi connectivity index (χ4v) is 3.07. The second kappa shape index (κ2) is 8.50. The number of aromatic nitrogens is 1. The van der Waals surface area contributed by atoms with Gasteiger partial charge in [0.05, 0.1) is 13.0 Å². The van der Waals surface area contributed by atoms with Crippen LogP contribution in [0.2, 0.25) is 0 Å². The van der Waals surface area contributed by atoms with Crippen LogP contribution in [0.15, 0.2) is 53.7 Å². The van der Waals surface area contributed by atoms with E-state index in [0.717, 1.165) is 4.31 Å². The van der Waals surface area contributed by atoms with E-state index in [9.17, 15) is 22.4 Å². The number of halogens is 1. The molecular weight excluding hydrogens is 363 g/mol. The molecule has 26 heavy (non-hydrogen) atoms. The molecule has 2 N–H and O–H groups in total. The third-order valence-electron chi connectivity index (χ3n) is 3.33. The van der Waals surface area contributed by atoms with Crippen LogP contribution in [0, 0.1) is 5.82 Å². The van der Waals surface area contributed by atoms with E-state index in [1.807, 2.05) is 0 Å². The molecule has 2 rings (SSSR count). The topological polar surface area (TPSA) is 108 Å². The van der Waals surface area contributed by atoms with Crippen molar-refractivity contribution in [3.05, 3.63) is 60.2 Å². The fraction of sp³-hybridized carbons (Fsp3) is 0.188. The summed E-state index contributed by atoms with van der Waals surface area (Å²) in [6.07, 6.45) is 2.54.